The highest BCUT2D eigenvalue weighted by Crippen LogP contribution is 2.24. The fourth-order valence-electron chi connectivity index (χ4n) is 2.50. The van der Waals surface area contributed by atoms with Crippen molar-refractivity contribution < 1.29 is 4.74 Å². The van der Waals surface area contributed by atoms with Gasteiger partial charge in [0.15, 0.2) is 5.82 Å². The second-order valence-corrected chi connectivity index (χ2v) is 5.02. The van der Waals surface area contributed by atoms with Gasteiger partial charge in [0.25, 0.3) is 0 Å². The molecular formula is C17H23N3O. The van der Waals surface area contributed by atoms with E-state index in [0.717, 1.165) is 34.8 Å². The summed E-state index contributed by atoms with van der Waals surface area (Å²) in [7, 11) is 0. The van der Waals surface area contributed by atoms with Gasteiger partial charge in [0.05, 0.1) is 0 Å². The molecule has 2 rings (SSSR count). The van der Waals surface area contributed by atoms with E-state index in [2.05, 4.69) is 9.97 Å². The van der Waals surface area contributed by atoms with E-state index >= 15 is 0 Å². The van der Waals surface area contributed by atoms with E-state index in [1.165, 1.54) is 0 Å². The van der Waals surface area contributed by atoms with Crippen LogP contribution >= 0.6 is 0 Å². The fraction of sp³-hybridized carbons (Fsp3) is 0.412. The largest absolute Gasteiger partial charge is 0.366 e. The van der Waals surface area contributed by atoms with E-state index in [9.17, 15) is 0 Å². The number of rotatable bonds is 6. The molecule has 2 aromatic rings. The number of aromatic nitrogens is 2. The van der Waals surface area contributed by atoms with Gasteiger partial charge >= 0.3 is 0 Å². The summed E-state index contributed by atoms with van der Waals surface area (Å²) in [6.45, 7) is 7.23. The first-order valence-corrected chi connectivity index (χ1v) is 7.38. The van der Waals surface area contributed by atoms with Crippen LogP contribution in [0.25, 0.3) is 0 Å². The Bertz CT molecular complexity index is 561. The fourth-order valence-corrected chi connectivity index (χ4v) is 2.50. The molecule has 4 nitrogen and oxygen atoms in total. The molecule has 0 spiro atoms. The van der Waals surface area contributed by atoms with Crippen LogP contribution in [0.2, 0.25) is 0 Å². The molecule has 0 aliphatic carbocycles. The summed E-state index contributed by atoms with van der Waals surface area (Å²) >= 11 is 0. The molecular weight excluding hydrogens is 262 g/mol. The van der Waals surface area contributed by atoms with Crippen LogP contribution in [0.1, 0.15) is 41.4 Å². The van der Waals surface area contributed by atoms with Crippen molar-refractivity contribution >= 4 is 0 Å². The first-order valence-electron chi connectivity index (χ1n) is 7.38. The number of nitrogens with zero attached hydrogens (tertiary/aromatic N) is 2. The van der Waals surface area contributed by atoms with Crippen LogP contribution in [0.5, 0.6) is 0 Å². The Morgan fingerprint density at radius 1 is 1.10 bits per heavy atom. The minimum Gasteiger partial charge on any atom is -0.366 e. The van der Waals surface area contributed by atoms with Gasteiger partial charge in [-0.15, -0.1) is 0 Å². The molecule has 4 heteroatoms. The Hall–Kier alpha value is -1.78. The third kappa shape index (κ3) is 3.65. The Labute approximate surface area is 126 Å². The van der Waals surface area contributed by atoms with Crippen molar-refractivity contribution in [2.45, 2.75) is 33.3 Å². The topological polar surface area (TPSA) is 61.0 Å². The predicted octanol–water partition coefficient (Wildman–Crippen LogP) is 2.72. The number of aryl methyl sites for hydroxylation is 2. The maximum atomic E-state index is 5.87. The Morgan fingerprint density at radius 2 is 1.71 bits per heavy atom. The van der Waals surface area contributed by atoms with E-state index in [0.29, 0.717) is 13.2 Å². The predicted molar refractivity (Wildman–Crippen MR) is 84.2 cm³/mol. The average molecular weight is 285 g/mol. The normalized spacial score (nSPS) is 12.4. The average Bonchev–Trinajstić information content (AvgIpc) is 2.49. The number of nitrogens with two attached hydrogens (primary N) is 1. The van der Waals surface area contributed by atoms with Gasteiger partial charge in [-0.2, -0.15) is 0 Å². The van der Waals surface area contributed by atoms with Gasteiger partial charge in [0.2, 0.25) is 0 Å². The molecule has 0 bridgehead atoms. The molecule has 0 saturated carbocycles. The summed E-state index contributed by atoms with van der Waals surface area (Å²) in [4.78, 5) is 9.31. The number of hydrogen-bond acceptors (Lipinski definition) is 4. The van der Waals surface area contributed by atoms with Crippen molar-refractivity contribution in [2.24, 2.45) is 5.73 Å². The van der Waals surface area contributed by atoms with Crippen molar-refractivity contribution in [1.82, 2.24) is 9.97 Å². The summed E-state index contributed by atoms with van der Waals surface area (Å²) < 4.78 is 5.87. The molecule has 1 heterocycles. The van der Waals surface area contributed by atoms with Crippen LogP contribution in [-0.4, -0.2) is 23.1 Å². The number of benzene rings is 1. The Morgan fingerprint density at radius 3 is 2.24 bits per heavy atom. The molecule has 1 aromatic carbocycles. The van der Waals surface area contributed by atoms with Crippen LogP contribution in [-0.2, 0) is 11.2 Å². The zero-order valence-corrected chi connectivity index (χ0v) is 13.0. The zero-order valence-electron chi connectivity index (χ0n) is 13.0. The molecule has 0 amide bonds. The molecule has 0 fully saturated rings. The second kappa shape index (κ2) is 7.29. The van der Waals surface area contributed by atoms with E-state index in [1.54, 1.807) is 0 Å². The van der Waals surface area contributed by atoms with Crippen molar-refractivity contribution in [3.8, 4) is 0 Å². The van der Waals surface area contributed by atoms with Crippen molar-refractivity contribution in [3.05, 3.63) is 58.7 Å². The van der Waals surface area contributed by atoms with Crippen molar-refractivity contribution in [3.63, 3.8) is 0 Å². The second-order valence-electron chi connectivity index (χ2n) is 5.02. The van der Waals surface area contributed by atoms with E-state index in [-0.39, 0.29) is 6.10 Å². The highest BCUT2D eigenvalue weighted by molar-refractivity contribution is 5.29. The Balaban J connectivity index is 2.42. The molecule has 0 radical (unpaired) electrons. The highest BCUT2D eigenvalue weighted by atomic mass is 16.5. The Kier molecular flexibility index (Phi) is 5.42. The minimum atomic E-state index is -0.222. The number of hydrogen-bond donors (Lipinski definition) is 1. The lowest BCUT2D eigenvalue weighted by atomic mass is 10.1. The summed E-state index contributed by atoms with van der Waals surface area (Å²) in [5.74, 6) is 0.721. The van der Waals surface area contributed by atoms with Crippen LogP contribution in [0.3, 0.4) is 0 Å². The first-order chi connectivity index (χ1) is 10.2. The summed E-state index contributed by atoms with van der Waals surface area (Å²) in [5, 5.41) is 0. The van der Waals surface area contributed by atoms with Crippen LogP contribution in [0, 0.1) is 13.8 Å². The van der Waals surface area contributed by atoms with Crippen molar-refractivity contribution in [1.29, 1.82) is 0 Å². The minimum absolute atomic E-state index is 0.222. The van der Waals surface area contributed by atoms with E-state index in [4.69, 9.17) is 10.5 Å². The third-order valence-electron chi connectivity index (χ3n) is 3.50. The maximum Gasteiger partial charge on any atom is 0.162 e. The van der Waals surface area contributed by atoms with Gasteiger partial charge in [-0.05, 0) is 44.9 Å². The van der Waals surface area contributed by atoms with Gasteiger partial charge in [0, 0.05) is 18.0 Å². The van der Waals surface area contributed by atoms with Gasteiger partial charge in [-0.3, -0.25) is 0 Å². The molecule has 1 unspecified atom stereocenters. The maximum absolute atomic E-state index is 5.87. The molecule has 21 heavy (non-hydrogen) atoms. The quantitative estimate of drug-likeness (QED) is 0.886. The first kappa shape index (κ1) is 15.6. The molecule has 0 saturated heterocycles. The SMILES string of the molecule is CCOC(c1ccccc1)c1nc(C)c(CCN)c(C)n1. The lowest BCUT2D eigenvalue weighted by Gasteiger charge is -2.18. The van der Waals surface area contributed by atoms with E-state index in [1.807, 2.05) is 51.1 Å². The lowest BCUT2D eigenvalue weighted by molar-refractivity contribution is 0.0848. The van der Waals surface area contributed by atoms with Crippen LogP contribution < -0.4 is 5.73 Å². The highest BCUT2D eigenvalue weighted by Gasteiger charge is 2.19. The summed E-state index contributed by atoms with van der Waals surface area (Å²) in [6, 6.07) is 10.1. The van der Waals surface area contributed by atoms with Crippen LogP contribution in [0.4, 0.5) is 0 Å². The molecule has 1 aromatic heterocycles. The van der Waals surface area contributed by atoms with Gasteiger partial charge in [0.1, 0.15) is 6.10 Å². The van der Waals surface area contributed by atoms with Crippen LogP contribution in [0.15, 0.2) is 30.3 Å². The zero-order chi connectivity index (χ0) is 15.2. The lowest BCUT2D eigenvalue weighted by Crippen LogP contribution is -2.15. The summed E-state index contributed by atoms with van der Waals surface area (Å²) in [6.07, 6.45) is 0.586. The molecule has 1 atom stereocenters. The third-order valence-corrected chi connectivity index (χ3v) is 3.50. The molecule has 0 aliphatic heterocycles. The van der Waals surface area contributed by atoms with E-state index < -0.39 is 0 Å². The van der Waals surface area contributed by atoms with Gasteiger partial charge in [-0.1, -0.05) is 30.3 Å². The molecule has 2 N–H and O–H groups in total. The standard InChI is InChI=1S/C17H23N3O/c1-4-21-16(14-8-6-5-7-9-14)17-19-12(2)15(10-11-18)13(3)20-17/h5-9,16H,4,10-11,18H2,1-3H3. The molecule has 112 valence electrons. The molecule has 0 aliphatic rings. The number of ether oxygens (including phenoxy) is 1. The monoisotopic (exact) mass is 285 g/mol. The van der Waals surface area contributed by atoms with Crippen molar-refractivity contribution in [2.75, 3.05) is 13.2 Å². The smallest absolute Gasteiger partial charge is 0.162 e. The summed E-state index contributed by atoms with van der Waals surface area (Å²) in [5.41, 5.74) is 9.85. The van der Waals surface area contributed by atoms with Gasteiger partial charge < -0.3 is 10.5 Å². The van der Waals surface area contributed by atoms with Gasteiger partial charge in [-0.25, -0.2) is 9.97 Å².